The van der Waals surface area contributed by atoms with Gasteiger partial charge in [0.25, 0.3) is 0 Å². The molecule has 0 aliphatic heterocycles. The fraction of sp³-hybridized carbons (Fsp3) is 0.357. The summed E-state index contributed by atoms with van der Waals surface area (Å²) in [6.45, 7) is 9.03. The average molecular weight is 260 g/mol. The summed E-state index contributed by atoms with van der Waals surface area (Å²) >= 11 is -0.0977. The molecule has 0 fully saturated rings. The van der Waals surface area contributed by atoms with Crippen molar-refractivity contribution in [3.63, 3.8) is 0 Å². The Morgan fingerprint density at radius 1 is 1.07 bits per heavy atom. The van der Waals surface area contributed by atoms with Crippen molar-refractivity contribution in [1.82, 2.24) is 0 Å². The summed E-state index contributed by atoms with van der Waals surface area (Å²) in [6, 6.07) is 10.9. The van der Waals surface area contributed by atoms with Crippen molar-refractivity contribution in [3.05, 3.63) is 41.5 Å². The molecule has 0 amide bonds. The predicted molar refractivity (Wildman–Crippen MR) is 71.2 cm³/mol. The van der Waals surface area contributed by atoms with Crippen molar-refractivity contribution in [1.29, 1.82) is 0 Å². The van der Waals surface area contributed by atoms with E-state index in [1.807, 2.05) is 0 Å². The van der Waals surface area contributed by atoms with Gasteiger partial charge in [-0.1, -0.05) is 0 Å². The first kappa shape index (κ1) is 12.4. The zero-order valence-corrected chi connectivity index (χ0v) is 12.2. The summed E-state index contributed by atoms with van der Waals surface area (Å²) in [7, 11) is 0. The van der Waals surface area contributed by atoms with Gasteiger partial charge in [-0.2, -0.15) is 0 Å². The Morgan fingerprint density at radius 2 is 1.67 bits per heavy atom. The Bertz CT molecular complexity index is 372. The van der Waals surface area contributed by atoms with Crippen molar-refractivity contribution >= 4 is 23.7 Å². The summed E-state index contributed by atoms with van der Waals surface area (Å²) in [5, 5.41) is 0. The summed E-state index contributed by atoms with van der Waals surface area (Å²) in [5.74, 6) is 0. The van der Waals surface area contributed by atoms with Gasteiger partial charge in [-0.3, -0.25) is 0 Å². The van der Waals surface area contributed by atoms with Crippen LogP contribution in [0.25, 0.3) is 0 Å². The van der Waals surface area contributed by atoms with Gasteiger partial charge in [-0.15, -0.1) is 0 Å². The molecular weight excluding hydrogens is 241 g/mol. The van der Waals surface area contributed by atoms with Crippen molar-refractivity contribution in [3.8, 4) is 0 Å². The van der Waals surface area contributed by atoms with E-state index in [9.17, 15) is 0 Å². The zero-order valence-electron chi connectivity index (χ0n) is 10.1. The third kappa shape index (κ3) is 3.79. The van der Waals surface area contributed by atoms with Crippen LogP contribution in [0.2, 0.25) is 0 Å². The molecule has 1 aromatic rings. The van der Waals surface area contributed by atoms with Crippen LogP contribution < -0.4 is 4.40 Å². The Morgan fingerprint density at radius 3 is 2.20 bits per heavy atom. The fourth-order valence-electron chi connectivity index (χ4n) is 1.42. The molecule has 15 heavy (non-hydrogen) atoms. The Balaban J connectivity index is 2.95. The van der Waals surface area contributed by atoms with E-state index in [2.05, 4.69) is 58.0 Å². The molecule has 1 radical (unpaired) electrons. The maximum atomic E-state index is 2.29. The van der Waals surface area contributed by atoms with Crippen LogP contribution >= 0.6 is 0 Å². The van der Waals surface area contributed by atoms with E-state index in [1.54, 1.807) is 4.35 Å². The van der Waals surface area contributed by atoms with E-state index in [0.717, 1.165) is 0 Å². The average Bonchev–Trinajstić information content (AvgIpc) is 2.28. The molecule has 1 aromatic carbocycles. The SMILES string of the molecule is CCC(C)=C(C)[C](C)=[Ge][c]1ccccc1. The monoisotopic (exact) mass is 261 g/mol. The second-order valence-corrected chi connectivity index (χ2v) is 7.18. The molecule has 0 unspecified atom stereocenters. The van der Waals surface area contributed by atoms with Gasteiger partial charge in [-0.05, 0) is 0 Å². The van der Waals surface area contributed by atoms with Crippen LogP contribution in [0.3, 0.4) is 0 Å². The normalized spacial score (nSPS) is 13.7. The van der Waals surface area contributed by atoms with E-state index in [1.165, 1.54) is 22.0 Å². The zero-order chi connectivity index (χ0) is 11.3. The molecule has 0 aliphatic carbocycles. The van der Waals surface area contributed by atoms with Gasteiger partial charge in [0.15, 0.2) is 0 Å². The van der Waals surface area contributed by atoms with E-state index < -0.39 is 0 Å². The first-order chi connectivity index (χ1) is 7.15. The van der Waals surface area contributed by atoms with Crippen LogP contribution in [0.4, 0.5) is 0 Å². The molecule has 0 aromatic heterocycles. The molecule has 1 heteroatoms. The molecule has 0 heterocycles. The quantitative estimate of drug-likeness (QED) is 0.733. The number of benzene rings is 1. The molecule has 79 valence electrons. The standard InChI is InChI=1S/C14H19Ge/c1-5-11(2)12(3)13(4)15-14-9-7-6-8-10-14/h6-10H,5H2,1-4H3. The van der Waals surface area contributed by atoms with Crippen LogP contribution in [0.5, 0.6) is 0 Å². The molecule has 0 nitrogen and oxygen atoms in total. The van der Waals surface area contributed by atoms with Gasteiger partial charge < -0.3 is 0 Å². The number of hydrogen-bond acceptors (Lipinski definition) is 0. The summed E-state index contributed by atoms with van der Waals surface area (Å²) < 4.78 is 3.14. The number of hydrogen-bond donors (Lipinski definition) is 0. The fourth-order valence-corrected chi connectivity index (χ4v) is 3.92. The second-order valence-electron chi connectivity index (χ2n) is 3.87. The summed E-state index contributed by atoms with van der Waals surface area (Å²) in [4.78, 5) is 0. The molecule has 0 aliphatic rings. The number of rotatable bonds is 3. The van der Waals surface area contributed by atoms with E-state index in [-0.39, 0.29) is 15.0 Å². The molecule has 0 atom stereocenters. The van der Waals surface area contributed by atoms with Crippen molar-refractivity contribution in [2.24, 2.45) is 0 Å². The molecule has 0 N–H and O–H groups in total. The van der Waals surface area contributed by atoms with Crippen molar-refractivity contribution in [2.45, 2.75) is 34.1 Å². The predicted octanol–water partition coefficient (Wildman–Crippen LogP) is 2.95. The van der Waals surface area contributed by atoms with E-state index in [4.69, 9.17) is 0 Å². The first-order valence-corrected chi connectivity index (χ1v) is 7.57. The van der Waals surface area contributed by atoms with Gasteiger partial charge in [0.1, 0.15) is 0 Å². The number of allylic oxidation sites excluding steroid dienone is 2. The van der Waals surface area contributed by atoms with Crippen LogP contribution in [0.15, 0.2) is 41.5 Å². The molecule has 0 bridgehead atoms. The Hall–Kier alpha value is -0.627. The van der Waals surface area contributed by atoms with E-state index >= 15 is 0 Å². The van der Waals surface area contributed by atoms with Gasteiger partial charge in [0, 0.05) is 0 Å². The van der Waals surface area contributed by atoms with Gasteiger partial charge in [0.05, 0.1) is 0 Å². The van der Waals surface area contributed by atoms with E-state index in [0.29, 0.717) is 0 Å². The van der Waals surface area contributed by atoms with Gasteiger partial charge >= 0.3 is 99.3 Å². The first-order valence-electron chi connectivity index (χ1n) is 5.47. The third-order valence-corrected chi connectivity index (χ3v) is 5.72. The van der Waals surface area contributed by atoms with Crippen LogP contribution in [0.1, 0.15) is 34.1 Å². The van der Waals surface area contributed by atoms with Crippen LogP contribution in [0, 0.1) is 0 Å². The maximum absolute atomic E-state index is 2.29. The summed E-state index contributed by atoms with van der Waals surface area (Å²) in [5.41, 5.74) is 3.06. The topological polar surface area (TPSA) is 0 Å². The van der Waals surface area contributed by atoms with Crippen molar-refractivity contribution in [2.75, 3.05) is 0 Å². The second kappa shape index (κ2) is 6.06. The van der Waals surface area contributed by atoms with Gasteiger partial charge in [-0.25, -0.2) is 0 Å². The molecule has 0 saturated heterocycles. The molecule has 0 spiro atoms. The molecule has 0 saturated carbocycles. The Labute approximate surface area is 99.4 Å². The van der Waals surface area contributed by atoms with Crippen molar-refractivity contribution < 1.29 is 0 Å². The molecular formula is C14H19Ge. The minimum absolute atomic E-state index is 0.0977. The Kier molecular flexibility index (Phi) is 5.03. The molecule has 1 rings (SSSR count). The summed E-state index contributed by atoms with van der Waals surface area (Å²) in [6.07, 6.45) is 1.17. The minimum atomic E-state index is -0.0977. The third-order valence-electron chi connectivity index (χ3n) is 2.84. The van der Waals surface area contributed by atoms with Crippen LogP contribution in [-0.4, -0.2) is 19.3 Å². The van der Waals surface area contributed by atoms with Gasteiger partial charge in [0.2, 0.25) is 0 Å². The van der Waals surface area contributed by atoms with Crippen LogP contribution in [-0.2, 0) is 0 Å².